The van der Waals surface area contributed by atoms with E-state index in [1.54, 1.807) is 0 Å². The van der Waals surface area contributed by atoms with E-state index in [0.717, 1.165) is 18.4 Å². The van der Waals surface area contributed by atoms with Gasteiger partial charge in [-0.2, -0.15) is 0 Å². The summed E-state index contributed by atoms with van der Waals surface area (Å²) >= 11 is 0. The number of rotatable bonds is 7. The molecule has 0 radical (unpaired) electrons. The van der Waals surface area contributed by atoms with Gasteiger partial charge in [-0.05, 0) is 56.4 Å². The molecule has 0 aromatic carbocycles. The van der Waals surface area contributed by atoms with Gasteiger partial charge in [-0.3, -0.25) is 0 Å². The average Bonchev–Trinajstić information content (AvgIpc) is 3.00. The molecule has 2 fully saturated rings. The molecule has 1 unspecified atom stereocenters. The summed E-state index contributed by atoms with van der Waals surface area (Å²) in [5, 5.41) is 0. The van der Waals surface area contributed by atoms with Crippen molar-refractivity contribution in [1.82, 2.24) is 4.90 Å². The summed E-state index contributed by atoms with van der Waals surface area (Å²) in [6.07, 6.45) is 8.13. The van der Waals surface area contributed by atoms with Gasteiger partial charge >= 0.3 is 0 Å². The molecule has 2 heteroatoms. The summed E-state index contributed by atoms with van der Waals surface area (Å²) < 4.78 is 0. The first-order valence-electron chi connectivity index (χ1n) is 7.44. The molecule has 0 spiro atoms. The van der Waals surface area contributed by atoms with E-state index in [1.807, 2.05) is 0 Å². The van der Waals surface area contributed by atoms with E-state index in [2.05, 4.69) is 25.7 Å². The summed E-state index contributed by atoms with van der Waals surface area (Å²) in [5.74, 6) is 1.02. The molecule has 0 bridgehead atoms. The molecule has 0 heterocycles. The van der Waals surface area contributed by atoms with Crippen molar-refractivity contribution in [2.75, 3.05) is 13.1 Å². The quantitative estimate of drug-likeness (QED) is 0.739. The van der Waals surface area contributed by atoms with Gasteiger partial charge in [0.05, 0.1) is 0 Å². The minimum Gasteiger partial charge on any atom is -0.328 e. The lowest BCUT2D eigenvalue weighted by Crippen LogP contribution is -2.35. The Hall–Kier alpha value is -0.0800. The van der Waals surface area contributed by atoms with Crippen LogP contribution in [0.25, 0.3) is 0 Å². The van der Waals surface area contributed by atoms with Crippen molar-refractivity contribution in [1.29, 1.82) is 0 Å². The highest BCUT2D eigenvalue weighted by Crippen LogP contribution is 2.35. The summed E-state index contributed by atoms with van der Waals surface area (Å²) in [6.45, 7) is 9.45. The molecule has 2 aliphatic rings. The zero-order chi connectivity index (χ0) is 12.5. The van der Waals surface area contributed by atoms with E-state index < -0.39 is 0 Å². The number of hydrogen-bond acceptors (Lipinski definition) is 2. The largest absolute Gasteiger partial charge is 0.328 e. The smallest absolute Gasteiger partial charge is 0.00965 e. The molecule has 2 nitrogen and oxygen atoms in total. The first kappa shape index (κ1) is 13.4. The fourth-order valence-corrected chi connectivity index (χ4v) is 2.71. The van der Waals surface area contributed by atoms with Crippen LogP contribution < -0.4 is 5.73 Å². The third kappa shape index (κ3) is 5.39. The van der Waals surface area contributed by atoms with Crippen LogP contribution in [-0.4, -0.2) is 30.1 Å². The maximum Gasteiger partial charge on any atom is 0.00965 e. The van der Waals surface area contributed by atoms with Crippen LogP contribution in [0.2, 0.25) is 0 Å². The van der Waals surface area contributed by atoms with E-state index in [0.29, 0.717) is 11.5 Å². The van der Waals surface area contributed by atoms with E-state index in [9.17, 15) is 0 Å². The molecule has 2 saturated carbocycles. The fraction of sp³-hybridized carbons (Fsp3) is 1.00. The lowest BCUT2D eigenvalue weighted by atomic mass is 9.87. The molecule has 0 saturated heterocycles. The predicted octanol–water partition coefficient (Wildman–Crippen LogP) is 3.01. The van der Waals surface area contributed by atoms with Crippen molar-refractivity contribution < 1.29 is 0 Å². The molecular weight excluding hydrogens is 208 g/mol. The first-order chi connectivity index (χ1) is 7.94. The third-order valence-corrected chi connectivity index (χ3v) is 3.91. The number of nitrogens with two attached hydrogens (primary N) is 1. The second-order valence-corrected chi connectivity index (χ2v) is 7.48. The Morgan fingerprint density at radius 3 is 2.29 bits per heavy atom. The lowest BCUT2D eigenvalue weighted by Gasteiger charge is -2.27. The highest BCUT2D eigenvalue weighted by Gasteiger charge is 2.33. The molecule has 0 aromatic rings. The zero-order valence-electron chi connectivity index (χ0n) is 11.9. The Kier molecular flexibility index (Phi) is 4.14. The molecule has 2 aliphatic carbocycles. The number of hydrogen-bond donors (Lipinski definition) is 1. The highest BCUT2D eigenvalue weighted by molar-refractivity contribution is 4.89. The summed E-state index contributed by atoms with van der Waals surface area (Å²) in [5.41, 5.74) is 6.62. The third-order valence-electron chi connectivity index (χ3n) is 3.91. The van der Waals surface area contributed by atoms with Crippen LogP contribution in [0.3, 0.4) is 0 Å². The molecule has 0 aliphatic heterocycles. The topological polar surface area (TPSA) is 29.3 Å². The Labute approximate surface area is 107 Å². The van der Waals surface area contributed by atoms with Gasteiger partial charge in [0.1, 0.15) is 0 Å². The van der Waals surface area contributed by atoms with Gasteiger partial charge in [-0.25, -0.2) is 0 Å². The monoisotopic (exact) mass is 238 g/mol. The molecule has 1 atom stereocenters. The standard InChI is InChI=1S/C15H30N2/c1-15(2,3)10-13(16)8-9-17(14-6-7-14)11-12-4-5-12/h12-14H,4-11,16H2,1-3H3. The molecule has 2 N–H and O–H groups in total. The maximum absolute atomic E-state index is 6.25. The molecule has 2 rings (SSSR count). The van der Waals surface area contributed by atoms with E-state index in [4.69, 9.17) is 5.73 Å². The van der Waals surface area contributed by atoms with Crippen LogP contribution in [0.4, 0.5) is 0 Å². The second kappa shape index (κ2) is 5.27. The summed E-state index contributed by atoms with van der Waals surface area (Å²) in [7, 11) is 0. The SMILES string of the molecule is CC(C)(C)CC(N)CCN(CC1CC1)C1CC1. The molecule has 17 heavy (non-hydrogen) atoms. The first-order valence-corrected chi connectivity index (χ1v) is 7.44. The van der Waals surface area contributed by atoms with Gasteiger partial charge in [-0.15, -0.1) is 0 Å². The van der Waals surface area contributed by atoms with Crippen molar-refractivity contribution in [3.63, 3.8) is 0 Å². The van der Waals surface area contributed by atoms with Crippen LogP contribution in [0.5, 0.6) is 0 Å². The van der Waals surface area contributed by atoms with Crippen LogP contribution >= 0.6 is 0 Å². The van der Waals surface area contributed by atoms with Crippen molar-refractivity contribution in [2.45, 2.75) is 71.4 Å². The van der Waals surface area contributed by atoms with Crippen LogP contribution in [0.1, 0.15) is 59.3 Å². The van der Waals surface area contributed by atoms with Gasteiger partial charge in [-0.1, -0.05) is 20.8 Å². The minimum absolute atomic E-state index is 0.375. The van der Waals surface area contributed by atoms with Gasteiger partial charge < -0.3 is 10.6 Å². The van der Waals surface area contributed by atoms with Crippen LogP contribution in [-0.2, 0) is 0 Å². The molecular formula is C15H30N2. The minimum atomic E-state index is 0.375. The summed E-state index contributed by atoms with van der Waals surface area (Å²) in [4.78, 5) is 2.72. The van der Waals surface area contributed by atoms with Crippen molar-refractivity contribution in [2.24, 2.45) is 17.1 Å². The normalized spacial score (nSPS) is 23.1. The average molecular weight is 238 g/mol. The van der Waals surface area contributed by atoms with E-state index >= 15 is 0 Å². The fourth-order valence-electron chi connectivity index (χ4n) is 2.71. The van der Waals surface area contributed by atoms with E-state index in [1.165, 1.54) is 45.2 Å². The second-order valence-electron chi connectivity index (χ2n) is 7.48. The van der Waals surface area contributed by atoms with Crippen molar-refractivity contribution in [3.05, 3.63) is 0 Å². The predicted molar refractivity (Wildman–Crippen MR) is 74.0 cm³/mol. The van der Waals surface area contributed by atoms with Crippen LogP contribution in [0.15, 0.2) is 0 Å². The Balaban J connectivity index is 1.67. The van der Waals surface area contributed by atoms with Gasteiger partial charge in [0, 0.05) is 18.6 Å². The van der Waals surface area contributed by atoms with Gasteiger partial charge in [0.15, 0.2) is 0 Å². The maximum atomic E-state index is 6.25. The Bertz CT molecular complexity index is 236. The zero-order valence-corrected chi connectivity index (χ0v) is 11.9. The highest BCUT2D eigenvalue weighted by atomic mass is 15.2. The molecule has 0 aromatic heterocycles. The number of nitrogens with zero attached hydrogens (tertiary/aromatic N) is 1. The van der Waals surface area contributed by atoms with Crippen LogP contribution in [0, 0.1) is 11.3 Å². The lowest BCUT2D eigenvalue weighted by molar-refractivity contribution is 0.230. The Morgan fingerprint density at radius 1 is 1.18 bits per heavy atom. The molecule has 100 valence electrons. The summed E-state index contributed by atoms with van der Waals surface area (Å²) in [6, 6.07) is 1.30. The van der Waals surface area contributed by atoms with E-state index in [-0.39, 0.29) is 0 Å². The van der Waals surface area contributed by atoms with Crippen molar-refractivity contribution >= 4 is 0 Å². The van der Waals surface area contributed by atoms with Gasteiger partial charge in [0.2, 0.25) is 0 Å². The Morgan fingerprint density at radius 2 is 1.82 bits per heavy atom. The van der Waals surface area contributed by atoms with Crippen molar-refractivity contribution in [3.8, 4) is 0 Å². The van der Waals surface area contributed by atoms with Gasteiger partial charge in [0.25, 0.3) is 0 Å². The molecule has 0 amide bonds.